The van der Waals surface area contributed by atoms with Crippen LogP contribution in [0.25, 0.3) is 0 Å². The fourth-order valence-electron chi connectivity index (χ4n) is 0.874. The molecule has 0 aromatic carbocycles. The second kappa shape index (κ2) is 11.6. The minimum atomic E-state index is -3.58. The third-order valence-electron chi connectivity index (χ3n) is 1.64. The zero-order chi connectivity index (χ0) is 14.7. The van der Waals surface area contributed by atoms with Gasteiger partial charge in [0.05, 0.1) is 39.6 Å². The lowest BCUT2D eigenvalue weighted by Gasteiger charge is -2.19. The SMILES string of the molecule is CC(Br)COP(=O)(OCCOCCO)OCC(C)Br. The number of halogens is 2. The van der Waals surface area contributed by atoms with E-state index in [2.05, 4.69) is 31.9 Å². The Hall–Kier alpha value is 0.990. The number of hydrogen-bond acceptors (Lipinski definition) is 6. The van der Waals surface area contributed by atoms with Gasteiger partial charge in [0.2, 0.25) is 0 Å². The third kappa shape index (κ3) is 12.4. The largest absolute Gasteiger partial charge is 0.474 e. The average Bonchev–Trinajstić information content (AvgIpc) is 2.34. The molecule has 1 N–H and O–H groups in total. The van der Waals surface area contributed by atoms with Crippen LogP contribution in [0.4, 0.5) is 0 Å². The van der Waals surface area contributed by atoms with Crippen LogP contribution in [0.5, 0.6) is 0 Å². The first-order chi connectivity index (χ1) is 8.89. The van der Waals surface area contributed by atoms with Crippen molar-refractivity contribution in [3.8, 4) is 0 Å². The van der Waals surface area contributed by atoms with E-state index in [1.807, 2.05) is 13.8 Å². The van der Waals surface area contributed by atoms with Crippen LogP contribution in [-0.2, 0) is 22.9 Å². The van der Waals surface area contributed by atoms with Gasteiger partial charge in [0, 0.05) is 9.65 Å². The Balaban J connectivity index is 4.12. The molecule has 9 heteroatoms. The first-order valence-corrected chi connectivity index (χ1v) is 9.19. The van der Waals surface area contributed by atoms with Gasteiger partial charge in [0.25, 0.3) is 0 Å². The Bertz CT molecular complexity index is 248. The molecule has 0 saturated carbocycles. The molecule has 0 bridgehead atoms. The maximum Gasteiger partial charge on any atom is 0.474 e. The summed E-state index contributed by atoms with van der Waals surface area (Å²) in [6, 6.07) is 0. The topological polar surface area (TPSA) is 74.2 Å². The molecule has 2 unspecified atom stereocenters. The van der Waals surface area contributed by atoms with Crippen molar-refractivity contribution in [2.45, 2.75) is 23.5 Å². The third-order valence-corrected chi connectivity index (χ3v) is 3.60. The van der Waals surface area contributed by atoms with Crippen LogP contribution in [0.15, 0.2) is 0 Å². The first-order valence-electron chi connectivity index (χ1n) is 5.90. The van der Waals surface area contributed by atoms with Crippen molar-refractivity contribution >= 4 is 39.7 Å². The van der Waals surface area contributed by atoms with Gasteiger partial charge in [-0.05, 0) is 0 Å². The minimum absolute atomic E-state index is 0.0417. The predicted molar refractivity (Wildman–Crippen MR) is 80.1 cm³/mol. The summed E-state index contributed by atoms with van der Waals surface area (Å²) in [7, 11) is -3.58. The second-order valence-corrected chi connectivity index (χ2v) is 8.56. The van der Waals surface area contributed by atoms with Crippen LogP contribution >= 0.6 is 39.7 Å². The molecule has 0 rings (SSSR count). The highest BCUT2D eigenvalue weighted by Crippen LogP contribution is 2.49. The van der Waals surface area contributed by atoms with Gasteiger partial charge in [-0.1, -0.05) is 45.7 Å². The lowest BCUT2D eigenvalue weighted by atomic mass is 10.5. The summed E-state index contributed by atoms with van der Waals surface area (Å²) in [5, 5.41) is 8.54. The van der Waals surface area contributed by atoms with E-state index < -0.39 is 7.82 Å². The Morgan fingerprint density at radius 2 is 1.53 bits per heavy atom. The number of hydrogen-bond donors (Lipinski definition) is 1. The van der Waals surface area contributed by atoms with E-state index in [-0.39, 0.29) is 49.3 Å². The number of aliphatic hydroxyl groups excluding tert-OH is 1. The summed E-state index contributed by atoms with van der Waals surface area (Å²) in [5.74, 6) is 0. The van der Waals surface area contributed by atoms with Gasteiger partial charge in [-0.25, -0.2) is 4.57 Å². The van der Waals surface area contributed by atoms with Crippen LogP contribution < -0.4 is 0 Å². The maximum absolute atomic E-state index is 12.2. The molecular weight excluding hydrogens is 407 g/mol. The van der Waals surface area contributed by atoms with Crippen molar-refractivity contribution in [3.05, 3.63) is 0 Å². The lowest BCUT2D eigenvalue weighted by molar-refractivity contribution is 0.0501. The van der Waals surface area contributed by atoms with Gasteiger partial charge >= 0.3 is 7.82 Å². The highest BCUT2D eigenvalue weighted by Gasteiger charge is 2.27. The van der Waals surface area contributed by atoms with E-state index in [0.29, 0.717) is 0 Å². The molecule has 116 valence electrons. The van der Waals surface area contributed by atoms with Gasteiger partial charge in [0.1, 0.15) is 0 Å². The molecule has 0 aromatic heterocycles. The van der Waals surface area contributed by atoms with Crippen molar-refractivity contribution in [2.24, 2.45) is 0 Å². The van der Waals surface area contributed by atoms with Crippen molar-refractivity contribution < 1.29 is 28.0 Å². The summed E-state index contributed by atoms with van der Waals surface area (Å²) in [6.07, 6.45) is 0. The molecule has 0 aliphatic rings. The smallest absolute Gasteiger partial charge is 0.394 e. The molecule has 0 amide bonds. The van der Waals surface area contributed by atoms with E-state index >= 15 is 0 Å². The van der Waals surface area contributed by atoms with E-state index in [0.717, 1.165) is 0 Å². The van der Waals surface area contributed by atoms with Crippen LogP contribution in [-0.4, -0.2) is 54.4 Å². The molecule has 0 spiro atoms. The molecule has 0 radical (unpaired) electrons. The summed E-state index contributed by atoms with van der Waals surface area (Å²) in [5.41, 5.74) is 0. The molecule has 0 fully saturated rings. The Morgan fingerprint density at radius 3 is 1.95 bits per heavy atom. The fourth-order valence-corrected chi connectivity index (χ4v) is 2.88. The van der Waals surface area contributed by atoms with Gasteiger partial charge < -0.3 is 9.84 Å². The number of alkyl halides is 2. The van der Waals surface area contributed by atoms with Gasteiger partial charge in [-0.2, -0.15) is 0 Å². The summed E-state index contributed by atoms with van der Waals surface area (Å²) in [4.78, 5) is 0.0834. The highest BCUT2D eigenvalue weighted by atomic mass is 79.9. The molecule has 6 nitrogen and oxygen atoms in total. The predicted octanol–water partition coefficient (Wildman–Crippen LogP) is 2.72. The van der Waals surface area contributed by atoms with Crippen molar-refractivity contribution in [3.63, 3.8) is 0 Å². The number of phosphoric ester groups is 1. The van der Waals surface area contributed by atoms with Gasteiger partial charge in [-0.3, -0.25) is 13.6 Å². The monoisotopic (exact) mass is 426 g/mol. The number of ether oxygens (including phenoxy) is 1. The number of rotatable bonds is 12. The molecule has 0 aliphatic heterocycles. The molecule has 2 atom stereocenters. The summed E-state index contributed by atoms with van der Waals surface area (Å²) >= 11 is 6.58. The lowest BCUT2D eigenvalue weighted by Crippen LogP contribution is -2.13. The molecule has 19 heavy (non-hydrogen) atoms. The summed E-state index contributed by atoms with van der Waals surface area (Å²) in [6.45, 7) is 4.59. The van der Waals surface area contributed by atoms with Crippen LogP contribution in [0.2, 0.25) is 0 Å². The van der Waals surface area contributed by atoms with Crippen LogP contribution in [0.3, 0.4) is 0 Å². The quantitative estimate of drug-likeness (QED) is 0.293. The van der Waals surface area contributed by atoms with E-state index in [1.54, 1.807) is 0 Å². The zero-order valence-electron chi connectivity index (χ0n) is 11.1. The van der Waals surface area contributed by atoms with Crippen molar-refractivity contribution in [1.82, 2.24) is 0 Å². The zero-order valence-corrected chi connectivity index (χ0v) is 15.2. The normalized spacial score (nSPS) is 17.9. The molecule has 0 aliphatic carbocycles. The van der Waals surface area contributed by atoms with E-state index in [9.17, 15) is 4.57 Å². The Kier molecular flexibility index (Phi) is 12.2. The molecule has 0 aromatic rings. The summed E-state index contributed by atoms with van der Waals surface area (Å²) < 4.78 is 32.8. The van der Waals surface area contributed by atoms with Crippen molar-refractivity contribution in [1.29, 1.82) is 0 Å². The van der Waals surface area contributed by atoms with Crippen LogP contribution in [0, 0.1) is 0 Å². The van der Waals surface area contributed by atoms with Crippen molar-refractivity contribution in [2.75, 3.05) is 39.6 Å². The maximum atomic E-state index is 12.2. The minimum Gasteiger partial charge on any atom is -0.394 e. The molecule has 0 heterocycles. The average molecular weight is 428 g/mol. The fraction of sp³-hybridized carbons (Fsp3) is 1.00. The van der Waals surface area contributed by atoms with E-state index in [4.69, 9.17) is 23.4 Å². The molecular formula is C10H21Br2O6P. The molecule has 0 saturated heterocycles. The second-order valence-electron chi connectivity index (χ2n) is 3.77. The Labute approximate surface area is 131 Å². The standard InChI is InChI=1S/C10H21Br2O6P/c1-9(11)7-17-19(14,18-8-10(2)12)16-6-5-15-4-3-13/h9-10,13H,3-8H2,1-2H3. The Morgan fingerprint density at radius 1 is 1.00 bits per heavy atom. The number of phosphoric acid groups is 1. The highest BCUT2D eigenvalue weighted by molar-refractivity contribution is 9.09. The van der Waals surface area contributed by atoms with Gasteiger partial charge in [-0.15, -0.1) is 0 Å². The van der Waals surface area contributed by atoms with E-state index in [1.165, 1.54) is 0 Å². The van der Waals surface area contributed by atoms with Crippen LogP contribution in [0.1, 0.15) is 13.8 Å². The number of aliphatic hydroxyl groups is 1. The first kappa shape index (κ1) is 20.0. The van der Waals surface area contributed by atoms with Gasteiger partial charge in [0.15, 0.2) is 0 Å².